The molecule has 0 fully saturated rings. The third-order valence-electron chi connectivity index (χ3n) is 3.13. The lowest BCUT2D eigenvalue weighted by molar-refractivity contribution is -0.117. The normalized spacial score (nSPS) is 10.6. The summed E-state index contributed by atoms with van der Waals surface area (Å²) in [7, 11) is 0. The molecular formula is C14H17FN4O. The maximum Gasteiger partial charge on any atom is 0.246 e. The van der Waals surface area contributed by atoms with E-state index in [9.17, 15) is 9.18 Å². The van der Waals surface area contributed by atoms with E-state index in [1.807, 2.05) is 6.92 Å². The minimum absolute atomic E-state index is 0.00272. The number of rotatable bonds is 3. The number of amides is 1. The molecule has 5 nitrogen and oxygen atoms in total. The van der Waals surface area contributed by atoms with Crippen molar-refractivity contribution in [1.29, 1.82) is 0 Å². The van der Waals surface area contributed by atoms with E-state index in [4.69, 9.17) is 5.73 Å². The van der Waals surface area contributed by atoms with Gasteiger partial charge in [-0.1, -0.05) is 6.07 Å². The van der Waals surface area contributed by atoms with Crippen LogP contribution in [0.3, 0.4) is 0 Å². The summed E-state index contributed by atoms with van der Waals surface area (Å²) in [6, 6.07) is 4.56. The Bertz CT molecular complexity index is 663. The third-order valence-corrected chi connectivity index (χ3v) is 3.13. The van der Waals surface area contributed by atoms with Gasteiger partial charge in [0.25, 0.3) is 0 Å². The minimum atomic E-state index is -0.461. The topological polar surface area (TPSA) is 72.9 Å². The number of hydrogen-bond acceptors (Lipinski definition) is 3. The van der Waals surface area contributed by atoms with Gasteiger partial charge in [-0.25, -0.2) is 4.39 Å². The fourth-order valence-corrected chi connectivity index (χ4v) is 1.93. The molecule has 1 heterocycles. The van der Waals surface area contributed by atoms with Gasteiger partial charge < -0.3 is 11.1 Å². The minimum Gasteiger partial charge on any atom is -0.396 e. The van der Waals surface area contributed by atoms with E-state index in [2.05, 4.69) is 10.4 Å². The summed E-state index contributed by atoms with van der Waals surface area (Å²) in [5.41, 5.74) is 8.81. The van der Waals surface area contributed by atoms with Crippen molar-refractivity contribution in [2.24, 2.45) is 0 Å². The van der Waals surface area contributed by atoms with Crippen LogP contribution in [0.1, 0.15) is 17.0 Å². The van der Waals surface area contributed by atoms with Crippen molar-refractivity contribution in [1.82, 2.24) is 9.78 Å². The van der Waals surface area contributed by atoms with Crippen LogP contribution in [0.2, 0.25) is 0 Å². The molecule has 0 bridgehead atoms. The Morgan fingerprint density at radius 3 is 2.70 bits per heavy atom. The fraction of sp³-hybridized carbons (Fsp3) is 0.286. The van der Waals surface area contributed by atoms with Crippen LogP contribution in [-0.2, 0) is 11.3 Å². The molecular weight excluding hydrogens is 259 g/mol. The second kappa shape index (κ2) is 5.32. The standard InChI is InChI=1S/C14H17FN4O/c1-8-4-5-11(15)12(6-8)17-13(20)7-19-10(3)14(16)9(2)18-19/h4-6H,7,16H2,1-3H3,(H,17,20). The van der Waals surface area contributed by atoms with Crippen LogP contribution in [0.15, 0.2) is 18.2 Å². The van der Waals surface area contributed by atoms with Gasteiger partial charge in [0, 0.05) is 0 Å². The molecule has 1 amide bonds. The lowest BCUT2D eigenvalue weighted by Gasteiger charge is -2.08. The van der Waals surface area contributed by atoms with Crippen LogP contribution in [0.25, 0.3) is 0 Å². The Balaban J connectivity index is 2.13. The number of aromatic nitrogens is 2. The first-order valence-electron chi connectivity index (χ1n) is 6.24. The molecule has 2 rings (SSSR count). The molecule has 0 aliphatic heterocycles. The number of benzene rings is 1. The number of aryl methyl sites for hydroxylation is 2. The van der Waals surface area contributed by atoms with Crippen molar-refractivity contribution >= 4 is 17.3 Å². The number of anilines is 2. The van der Waals surface area contributed by atoms with E-state index in [1.165, 1.54) is 10.7 Å². The molecule has 106 valence electrons. The molecule has 20 heavy (non-hydrogen) atoms. The molecule has 1 aromatic carbocycles. The Hall–Kier alpha value is -2.37. The van der Waals surface area contributed by atoms with Crippen LogP contribution >= 0.6 is 0 Å². The van der Waals surface area contributed by atoms with E-state index in [-0.39, 0.29) is 18.1 Å². The molecule has 0 unspecified atom stereocenters. The van der Waals surface area contributed by atoms with Crippen LogP contribution in [-0.4, -0.2) is 15.7 Å². The van der Waals surface area contributed by atoms with Crippen molar-refractivity contribution in [3.63, 3.8) is 0 Å². The molecule has 0 aliphatic carbocycles. The molecule has 0 spiro atoms. The fourth-order valence-electron chi connectivity index (χ4n) is 1.93. The molecule has 6 heteroatoms. The number of nitrogen functional groups attached to an aromatic ring is 1. The van der Waals surface area contributed by atoms with Gasteiger partial charge in [0.05, 0.1) is 22.8 Å². The predicted molar refractivity (Wildman–Crippen MR) is 75.9 cm³/mol. The monoisotopic (exact) mass is 276 g/mol. The zero-order valence-electron chi connectivity index (χ0n) is 11.7. The SMILES string of the molecule is Cc1ccc(F)c(NC(=O)Cn2nc(C)c(N)c2C)c1. The number of nitrogens with two attached hydrogens (primary N) is 1. The average Bonchev–Trinajstić information content (AvgIpc) is 2.61. The van der Waals surface area contributed by atoms with E-state index in [0.717, 1.165) is 11.3 Å². The molecule has 2 aromatic rings. The van der Waals surface area contributed by atoms with Gasteiger partial charge in [-0.3, -0.25) is 9.48 Å². The summed E-state index contributed by atoms with van der Waals surface area (Å²) in [5, 5.41) is 6.71. The second-order valence-electron chi connectivity index (χ2n) is 4.77. The van der Waals surface area contributed by atoms with E-state index in [1.54, 1.807) is 26.0 Å². The molecule has 1 aromatic heterocycles. The van der Waals surface area contributed by atoms with Crippen LogP contribution < -0.4 is 11.1 Å². The van der Waals surface area contributed by atoms with Gasteiger partial charge in [-0.05, 0) is 38.5 Å². The van der Waals surface area contributed by atoms with Gasteiger partial charge in [-0.15, -0.1) is 0 Å². The van der Waals surface area contributed by atoms with Gasteiger partial charge in [0.15, 0.2) is 0 Å². The Labute approximate surface area is 116 Å². The average molecular weight is 276 g/mol. The summed E-state index contributed by atoms with van der Waals surface area (Å²) >= 11 is 0. The largest absolute Gasteiger partial charge is 0.396 e. The zero-order chi connectivity index (χ0) is 14.9. The predicted octanol–water partition coefficient (Wildman–Crippen LogP) is 2.17. The van der Waals surface area contributed by atoms with E-state index < -0.39 is 5.82 Å². The summed E-state index contributed by atoms with van der Waals surface area (Å²) in [4.78, 5) is 11.9. The molecule has 0 atom stereocenters. The third kappa shape index (κ3) is 2.79. The Kier molecular flexibility index (Phi) is 3.74. The first kappa shape index (κ1) is 14.0. The molecule has 0 aliphatic rings. The van der Waals surface area contributed by atoms with Gasteiger partial charge in [0.1, 0.15) is 12.4 Å². The molecule has 3 N–H and O–H groups in total. The highest BCUT2D eigenvalue weighted by Crippen LogP contribution is 2.17. The van der Waals surface area contributed by atoms with Crippen LogP contribution in [0.4, 0.5) is 15.8 Å². The van der Waals surface area contributed by atoms with Gasteiger partial charge >= 0.3 is 0 Å². The number of nitrogens with zero attached hydrogens (tertiary/aromatic N) is 2. The first-order chi connectivity index (χ1) is 9.38. The lowest BCUT2D eigenvalue weighted by atomic mass is 10.2. The summed E-state index contributed by atoms with van der Waals surface area (Å²) in [6.07, 6.45) is 0. The van der Waals surface area contributed by atoms with Crippen LogP contribution in [0.5, 0.6) is 0 Å². The Morgan fingerprint density at radius 2 is 2.10 bits per heavy atom. The zero-order valence-corrected chi connectivity index (χ0v) is 11.7. The van der Waals surface area contributed by atoms with Gasteiger partial charge in [-0.2, -0.15) is 5.10 Å². The van der Waals surface area contributed by atoms with E-state index >= 15 is 0 Å². The number of carbonyl (C=O) groups is 1. The highest BCUT2D eigenvalue weighted by molar-refractivity contribution is 5.90. The maximum absolute atomic E-state index is 13.6. The lowest BCUT2D eigenvalue weighted by Crippen LogP contribution is -2.21. The quantitative estimate of drug-likeness (QED) is 0.902. The van der Waals surface area contributed by atoms with Crippen LogP contribution in [0, 0.1) is 26.6 Å². The number of hydrogen-bond donors (Lipinski definition) is 2. The van der Waals surface area contributed by atoms with Crippen molar-refractivity contribution in [3.8, 4) is 0 Å². The maximum atomic E-state index is 13.6. The van der Waals surface area contributed by atoms with Crippen molar-refractivity contribution in [3.05, 3.63) is 41.0 Å². The van der Waals surface area contributed by atoms with E-state index in [0.29, 0.717) is 11.4 Å². The number of nitrogens with one attached hydrogen (secondary N) is 1. The van der Waals surface area contributed by atoms with Crippen molar-refractivity contribution < 1.29 is 9.18 Å². The highest BCUT2D eigenvalue weighted by atomic mass is 19.1. The second-order valence-corrected chi connectivity index (χ2v) is 4.77. The Morgan fingerprint density at radius 1 is 1.40 bits per heavy atom. The van der Waals surface area contributed by atoms with Crippen molar-refractivity contribution in [2.75, 3.05) is 11.1 Å². The first-order valence-corrected chi connectivity index (χ1v) is 6.24. The smallest absolute Gasteiger partial charge is 0.246 e. The molecule has 0 saturated carbocycles. The van der Waals surface area contributed by atoms with Crippen molar-refractivity contribution in [2.45, 2.75) is 27.3 Å². The summed E-state index contributed by atoms with van der Waals surface area (Å²) in [5.74, 6) is -0.808. The number of halogens is 1. The van der Waals surface area contributed by atoms with Gasteiger partial charge in [0.2, 0.25) is 5.91 Å². The molecule has 0 saturated heterocycles. The summed E-state index contributed by atoms with van der Waals surface area (Å²) in [6.45, 7) is 5.39. The highest BCUT2D eigenvalue weighted by Gasteiger charge is 2.13. The molecule has 0 radical (unpaired) electrons. The number of carbonyl (C=O) groups excluding carboxylic acids is 1. The summed E-state index contributed by atoms with van der Waals surface area (Å²) < 4.78 is 15.1.